The minimum atomic E-state index is 0.319. The van der Waals surface area contributed by atoms with Crippen LogP contribution in [-0.2, 0) is 13.0 Å². The van der Waals surface area contributed by atoms with Gasteiger partial charge in [-0.2, -0.15) is 0 Å². The molecule has 2 aromatic rings. The maximum absolute atomic E-state index is 4.03. The smallest absolute Gasteiger partial charge is 0.153 e. The lowest BCUT2D eigenvalue weighted by atomic mass is 10.3. The van der Waals surface area contributed by atoms with Gasteiger partial charge in [0.05, 0.1) is 6.04 Å². The molecule has 0 fully saturated rings. The highest BCUT2D eigenvalue weighted by Crippen LogP contribution is 2.05. The molecule has 0 N–H and O–H groups in total. The molecular weight excluding hydrogens is 190 g/mol. The van der Waals surface area contributed by atoms with Crippen LogP contribution in [0.5, 0.6) is 0 Å². The summed E-state index contributed by atoms with van der Waals surface area (Å²) in [6.07, 6.45) is 4.95. The molecule has 0 aromatic carbocycles. The van der Waals surface area contributed by atoms with Gasteiger partial charge in [0.15, 0.2) is 5.82 Å². The van der Waals surface area contributed by atoms with Gasteiger partial charge >= 0.3 is 0 Å². The molecule has 0 bridgehead atoms. The van der Waals surface area contributed by atoms with Crippen LogP contribution in [0.25, 0.3) is 0 Å². The molecule has 0 amide bonds. The molecule has 0 aliphatic heterocycles. The number of nitrogens with zero attached hydrogens (tertiary/aromatic N) is 5. The average molecular weight is 205 g/mol. The molecule has 5 heteroatoms. The summed E-state index contributed by atoms with van der Waals surface area (Å²) in [5.41, 5.74) is 0. The zero-order valence-corrected chi connectivity index (χ0v) is 9.04. The second-order valence-electron chi connectivity index (χ2n) is 3.80. The summed E-state index contributed by atoms with van der Waals surface area (Å²) in [7, 11) is 0. The van der Waals surface area contributed by atoms with Crippen LogP contribution < -0.4 is 0 Å². The summed E-state index contributed by atoms with van der Waals surface area (Å²) < 4.78 is 3.99. The van der Waals surface area contributed by atoms with Gasteiger partial charge in [0.25, 0.3) is 0 Å². The Morgan fingerprint density at radius 1 is 1.27 bits per heavy atom. The van der Waals surface area contributed by atoms with Gasteiger partial charge in [0.1, 0.15) is 0 Å². The summed E-state index contributed by atoms with van der Waals surface area (Å²) in [5.74, 6) is 0.943. The Morgan fingerprint density at radius 2 is 2.00 bits per heavy atom. The standard InChI is InChI=1S/C10H15N5/c1-9(2)15-10(11-12-13-15)5-8-14-6-3-4-7-14/h3-4,6-7,9H,5,8H2,1-2H3. The average Bonchev–Trinajstić information content (AvgIpc) is 2.86. The Balaban J connectivity index is 2.02. The molecule has 2 heterocycles. The van der Waals surface area contributed by atoms with Gasteiger partial charge in [-0.15, -0.1) is 5.10 Å². The fourth-order valence-electron chi connectivity index (χ4n) is 1.53. The van der Waals surface area contributed by atoms with E-state index in [1.807, 2.05) is 29.2 Å². The Hall–Kier alpha value is -1.65. The SMILES string of the molecule is CC(C)n1nnnc1CCn1cccc1. The first-order valence-corrected chi connectivity index (χ1v) is 5.15. The van der Waals surface area contributed by atoms with Gasteiger partial charge < -0.3 is 4.57 Å². The number of hydrogen-bond acceptors (Lipinski definition) is 3. The van der Waals surface area contributed by atoms with Gasteiger partial charge in [-0.1, -0.05) is 0 Å². The highest BCUT2D eigenvalue weighted by Gasteiger charge is 2.08. The highest BCUT2D eigenvalue weighted by molar-refractivity contribution is 4.92. The first kappa shape index (κ1) is 9.89. The molecule has 0 saturated carbocycles. The number of aryl methyl sites for hydroxylation is 2. The van der Waals surface area contributed by atoms with Crippen molar-refractivity contribution in [3.05, 3.63) is 30.4 Å². The van der Waals surface area contributed by atoms with Crippen LogP contribution in [0.3, 0.4) is 0 Å². The Bertz CT molecular complexity index is 401. The van der Waals surface area contributed by atoms with E-state index in [1.165, 1.54) is 0 Å². The topological polar surface area (TPSA) is 48.5 Å². The van der Waals surface area contributed by atoms with E-state index >= 15 is 0 Å². The third-order valence-electron chi connectivity index (χ3n) is 2.31. The molecule has 5 nitrogen and oxygen atoms in total. The lowest BCUT2D eigenvalue weighted by Gasteiger charge is -2.07. The number of hydrogen-bond donors (Lipinski definition) is 0. The molecule has 0 spiro atoms. The van der Waals surface area contributed by atoms with E-state index in [0.717, 1.165) is 18.8 Å². The molecule has 15 heavy (non-hydrogen) atoms. The van der Waals surface area contributed by atoms with Crippen LogP contribution >= 0.6 is 0 Å². The largest absolute Gasteiger partial charge is 0.354 e. The predicted molar refractivity (Wildman–Crippen MR) is 56.3 cm³/mol. The van der Waals surface area contributed by atoms with E-state index < -0.39 is 0 Å². The van der Waals surface area contributed by atoms with Crippen molar-refractivity contribution in [3.63, 3.8) is 0 Å². The zero-order chi connectivity index (χ0) is 10.7. The van der Waals surface area contributed by atoms with Crippen LogP contribution in [0, 0.1) is 0 Å². The van der Waals surface area contributed by atoms with Crippen molar-refractivity contribution in [1.82, 2.24) is 24.8 Å². The van der Waals surface area contributed by atoms with Gasteiger partial charge in [0, 0.05) is 25.4 Å². The monoisotopic (exact) mass is 205 g/mol. The summed E-state index contributed by atoms with van der Waals surface area (Å²) in [4.78, 5) is 0. The van der Waals surface area contributed by atoms with Gasteiger partial charge in [-0.05, 0) is 36.4 Å². The summed E-state index contributed by atoms with van der Waals surface area (Å²) in [6.45, 7) is 5.07. The lowest BCUT2D eigenvalue weighted by Crippen LogP contribution is -2.10. The maximum Gasteiger partial charge on any atom is 0.153 e. The number of tetrazole rings is 1. The Morgan fingerprint density at radius 3 is 2.67 bits per heavy atom. The van der Waals surface area contributed by atoms with Crippen molar-refractivity contribution in [3.8, 4) is 0 Å². The highest BCUT2D eigenvalue weighted by atomic mass is 15.5. The molecular formula is C10H15N5. The van der Waals surface area contributed by atoms with Crippen LogP contribution in [0.4, 0.5) is 0 Å². The molecule has 80 valence electrons. The van der Waals surface area contributed by atoms with E-state index in [9.17, 15) is 0 Å². The predicted octanol–water partition coefficient (Wildman–Crippen LogP) is 1.30. The van der Waals surface area contributed by atoms with Gasteiger partial charge in [-0.25, -0.2) is 4.68 Å². The lowest BCUT2D eigenvalue weighted by molar-refractivity contribution is 0.485. The van der Waals surface area contributed by atoms with Crippen molar-refractivity contribution in [2.24, 2.45) is 0 Å². The fraction of sp³-hybridized carbons (Fsp3) is 0.500. The van der Waals surface area contributed by atoms with Crippen molar-refractivity contribution < 1.29 is 0 Å². The van der Waals surface area contributed by atoms with Crippen LogP contribution in [-0.4, -0.2) is 24.8 Å². The normalized spacial score (nSPS) is 11.1. The quantitative estimate of drug-likeness (QED) is 0.755. The third-order valence-corrected chi connectivity index (χ3v) is 2.31. The summed E-state index contributed by atoms with van der Waals surface area (Å²) in [5, 5.41) is 11.7. The molecule has 0 saturated heterocycles. The minimum Gasteiger partial charge on any atom is -0.354 e. The van der Waals surface area contributed by atoms with Crippen molar-refractivity contribution in [2.45, 2.75) is 32.9 Å². The molecule has 2 aromatic heterocycles. The molecule has 0 atom stereocenters. The van der Waals surface area contributed by atoms with Crippen molar-refractivity contribution in [2.75, 3.05) is 0 Å². The minimum absolute atomic E-state index is 0.319. The molecule has 0 unspecified atom stereocenters. The second kappa shape index (κ2) is 4.25. The van der Waals surface area contributed by atoms with E-state index in [2.05, 4.69) is 33.9 Å². The van der Waals surface area contributed by atoms with Crippen LogP contribution in [0.15, 0.2) is 24.5 Å². The first-order valence-electron chi connectivity index (χ1n) is 5.15. The molecule has 0 aliphatic carbocycles. The van der Waals surface area contributed by atoms with E-state index in [1.54, 1.807) is 0 Å². The summed E-state index contributed by atoms with van der Waals surface area (Å²) >= 11 is 0. The van der Waals surface area contributed by atoms with E-state index in [4.69, 9.17) is 0 Å². The van der Waals surface area contributed by atoms with Gasteiger partial charge in [0.2, 0.25) is 0 Å². The molecule has 0 aliphatic rings. The summed E-state index contributed by atoms with van der Waals surface area (Å²) in [6, 6.07) is 4.36. The zero-order valence-electron chi connectivity index (χ0n) is 9.04. The van der Waals surface area contributed by atoms with E-state index in [0.29, 0.717) is 6.04 Å². The first-order chi connectivity index (χ1) is 7.27. The third kappa shape index (κ3) is 2.23. The second-order valence-corrected chi connectivity index (χ2v) is 3.80. The Kier molecular flexibility index (Phi) is 2.80. The molecule has 2 rings (SSSR count). The van der Waals surface area contributed by atoms with Gasteiger partial charge in [-0.3, -0.25) is 0 Å². The van der Waals surface area contributed by atoms with E-state index in [-0.39, 0.29) is 0 Å². The van der Waals surface area contributed by atoms with Crippen molar-refractivity contribution >= 4 is 0 Å². The molecule has 0 radical (unpaired) electrons. The maximum atomic E-state index is 4.03. The number of rotatable bonds is 4. The fourth-order valence-corrected chi connectivity index (χ4v) is 1.53. The Labute approximate surface area is 88.7 Å². The van der Waals surface area contributed by atoms with Crippen LogP contribution in [0.1, 0.15) is 25.7 Å². The number of aromatic nitrogens is 5. The van der Waals surface area contributed by atoms with Crippen LogP contribution in [0.2, 0.25) is 0 Å². The van der Waals surface area contributed by atoms with Crippen molar-refractivity contribution in [1.29, 1.82) is 0 Å².